The van der Waals surface area contributed by atoms with E-state index < -0.39 is 17.6 Å². The molecule has 0 saturated carbocycles. The summed E-state index contributed by atoms with van der Waals surface area (Å²) in [6.45, 7) is 0. The first-order valence-electron chi connectivity index (χ1n) is 3.37. The molecule has 0 N–H and O–H groups in total. The second-order valence-corrected chi connectivity index (χ2v) is 2.88. The van der Waals surface area contributed by atoms with Crippen LogP contribution >= 0.6 is 11.6 Å². The molecule has 0 aliphatic heterocycles. The number of benzene rings is 1. The number of aldehydes is 1. The molecule has 1 aromatic carbocycles. The SMILES string of the molecule is O=Cc1cc(C(F)(F)F)c(F)cc1Cl. The summed E-state index contributed by atoms with van der Waals surface area (Å²) in [6.07, 6.45) is -4.69. The van der Waals surface area contributed by atoms with Crippen molar-refractivity contribution in [1.29, 1.82) is 0 Å². The maximum atomic E-state index is 12.7. The average Bonchev–Trinajstić information content (AvgIpc) is 2.02. The average molecular weight is 227 g/mol. The highest BCUT2D eigenvalue weighted by Gasteiger charge is 2.34. The molecule has 14 heavy (non-hydrogen) atoms. The topological polar surface area (TPSA) is 17.1 Å². The molecule has 0 aromatic heterocycles. The minimum atomic E-state index is -4.83. The number of halogens is 5. The molecule has 0 radical (unpaired) electrons. The van der Waals surface area contributed by atoms with E-state index in [0.29, 0.717) is 12.1 Å². The van der Waals surface area contributed by atoms with Gasteiger partial charge in [0.25, 0.3) is 0 Å². The third kappa shape index (κ3) is 2.04. The van der Waals surface area contributed by atoms with Crippen LogP contribution in [0.5, 0.6) is 0 Å². The van der Waals surface area contributed by atoms with Gasteiger partial charge in [-0.3, -0.25) is 4.79 Å². The monoisotopic (exact) mass is 226 g/mol. The van der Waals surface area contributed by atoms with Crippen molar-refractivity contribution >= 4 is 17.9 Å². The van der Waals surface area contributed by atoms with Crippen molar-refractivity contribution in [3.8, 4) is 0 Å². The van der Waals surface area contributed by atoms with Crippen LogP contribution in [0.25, 0.3) is 0 Å². The second-order valence-electron chi connectivity index (χ2n) is 2.47. The zero-order chi connectivity index (χ0) is 10.9. The molecule has 0 unspecified atom stereocenters. The van der Waals surface area contributed by atoms with Gasteiger partial charge in [-0.15, -0.1) is 0 Å². The number of rotatable bonds is 1. The Kier molecular flexibility index (Phi) is 2.80. The van der Waals surface area contributed by atoms with Crippen molar-refractivity contribution in [2.45, 2.75) is 6.18 Å². The highest BCUT2D eigenvalue weighted by Crippen LogP contribution is 2.33. The Bertz CT molecular complexity index is 372. The summed E-state index contributed by atoms with van der Waals surface area (Å²) in [5.74, 6) is -1.49. The third-order valence-corrected chi connectivity index (χ3v) is 1.85. The molecule has 1 rings (SSSR count). The first-order valence-corrected chi connectivity index (χ1v) is 3.75. The summed E-state index contributed by atoms with van der Waals surface area (Å²) in [5.41, 5.74) is -1.88. The van der Waals surface area contributed by atoms with E-state index in [1.165, 1.54) is 0 Å². The van der Waals surface area contributed by atoms with Crippen molar-refractivity contribution in [2.75, 3.05) is 0 Å². The minimum absolute atomic E-state index is 0.136. The molecule has 0 aliphatic rings. The van der Waals surface area contributed by atoms with Crippen LogP contribution in [-0.4, -0.2) is 6.29 Å². The number of carbonyl (C=O) groups excluding carboxylic acids is 1. The number of hydrogen-bond donors (Lipinski definition) is 0. The van der Waals surface area contributed by atoms with Gasteiger partial charge in [0.15, 0.2) is 6.29 Å². The van der Waals surface area contributed by atoms with E-state index in [2.05, 4.69) is 0 Å². The zero-order valence-corrected chi connectivity index (χ0v) is 7.29. The summed E-state index contributed by atoms with van der Waals surface area (Å²) in [7, 11) is 0. The summed E-state index contributed by atoms with van der Waals surface area (Å²) >= 11 is 5.31. The Morgan fingerprint density at radius 1 is 1.29 bits per heavy atom. The summed E-state index contributed by atoms with van der Waals surface area (Å²) in [4.78, 5) is 10.2. The molecule has 0 bridgehead atoms. The van der Waals surface area contributed by atoms with E-state index in [9.17, 15) is 22.4 Å². The predicted octanol–water partition coefficient (Wildman–Crippen LogP) is 3.31. The van der Waals surface area contributed by atoms with Crippen molar-refractivity contribution in [3.63, 3.8) is 0 Å². The van der Waals surface area contributed by atoms with Gasteiger partial charge in [0.1, 0.15) is 5.82 Å². The van der Waals surface area contributed by atoms with Crippen molar-refractivity contribution in [1.82, 2.24) is 0 Å². The first kappa shape index (κ1) is 11.0. The van der Waals surface area contributed by atoms with Crippen molar-refractivity contribution in [3.05, 3.63) is 34.1 Å². The minimum Gasteiger partial charge on any atom is -0.298 e. The lowest BCUT2D eigenvalue weighted by Gasteiger charge is -2.08. The first-order chi connectivity index (χ1) is 6.36. The molecule has 0 fully saturated rings. The quantitative estimate of drug-likeness (QED) is 0.530. The largest absolute Gasteiger partial charge is 0.419 e. The second kappa shape index (κ2) is 3.57. The summed E-state index contributed by atoms with van der Waals surface area (Å²) in [6, 6.07) is 0.846. The van der Waals surface area contributed by atoms with Gasteiger partial charge in [-0.25, -0.2) is 4.39 Å². The lowest BCUT2D eigenvalue weighted by Crippen LogP contribution is -2.09. The molecule has 0 saturated heterocycles. The Balaban J connectivity index is 3.39. The number of hydrogen-bond acceptors (Lipinski definition) is 1. The fourth-order valence-electron chi connectivity index (χ4n) is 0.873. The Morgan fingerprint density at radius 3 is 2.29 bits per heavy atom. The molecule has 76 valence electrons. The molecule has 1 aromatic rings. The van der Waals surface area contributed by atoms with Crippen LogP contribution in [-0.2, 0) is 6.18 Å². The predicted molar refractivity (Wildman–Crippen MR) is 41.8 cm³/mol. The van der Waals surface area contributed by atoms with Gasteiger partial charge in [-0.1, -0.05) is 11.6 Å². The smallest absolute Gasteiger partial charge is 0.298 e. The Hall–Kier alpha value is -1.10. The van der Waals surface area contributed by atoms with Gasteiger partial charge in [0.2, 0.25) is 0 Å². The van der Waals surface area contributed by atoms with E-state index in [1.54, 1.807) is 0 Å². The molecule has 1 nitrogen and oxygen atoms in total. The van der Waals surface area contributed by atoms with Crippen LogP contribution in [0.2, 0.25) is 5.02 Å². The Labute approximate surface area is 81.3 Å². The lowest BCUT2D eigenvalue weighted by atomic mass is 10.1. The van der Waals surface area contributed by atoms with Gasteiger partial charge < -0.3 is 0 Å². The Morgan fingerprint density at radius 2 is 1.86 bits per heavy atom. The van der Waals surface area contributed by atoms with Crippen LogP contribution in [0.3, 0.4) is 0 Å². The van der Waals surface area contributed by atoms with Crippen LogP contribution in [0.1, 0.15) is 15.9 Å². The van der Waals surface area contributed by atoms with E-state index in [-0.39, 0.29) is 16.9 Å². The van der Waals surface area contributed by atoms with Gasteiger partial charge in [0, 0.05) is 5.56 Å². The van der Waals surface area contributed by atoms with Gasteiger partial charge >= 0.3 is 6.18 Å². The standard InChI is InChI=1S/C8H3ClF4O/c9-6-2-7(10)5(8(11,12)13)1-4(6)3-14/h1-3H. The maximum absolute atomic E-state index is 12.7. The van der Waals surface area contributed by atoms with Crippen LogP contribution in [0, 0.1) is 5.82 Å². The van der Waals surface area contributed by atoms with E-state index in [4.69, 9.17) is 11.6 Å². The third-order valence-electron chi connectivity index (χ3n) is 1.52. The van der Waals surface area contributed by atoms with Crippen LogP contribution in [0.4, 0.5) is 17.6 Å². The lowest BCUT2D eigenvalue weighted by molar-refractivity contribution is -0.140. The fraction of sp³-hybridized carbons (Fsp3) is 0.125. The molecule has 0 spiro atoms. The summed E-state index contributed by atoms with van der Waals surface area (Å²) in [5, 5.41) is -0.342. The highest BCUT2D eigenvalue weighted by atomic mass is 35.5. The van der Waals surface area contributed by atoms with E-state index in [1.807, 2.05) is 0 Å². The molecule has 0 atom stereocenters. The van der Waals surface area contributed by atoms with Crippen LogP contribution < -0.4 is 0 Å². The number of alkyl halides is 3. The zero-order valence-electron chi connectivity index (χ0n) is 6.53. The molecular formula is C8H3ClF4O. The van der Waals surface area contributed by atoms with Crippen molar-refractivity contribution < 1.29 is 22.4 Å². The van der Waals surface area contributed by atoms with Gasteiger partial charge in [0.05, 0.1) is 10.6 Å². The van der Waals surface area contributed by atoms with Crippen molar-refractivity contribution in [2.24, 2.45) is 0 Å². The maximum Gasteiger partial charge on any atom is 0.419 e. The fourth-order valence-corrected chi connectivity index (χ4v) is 1.07. The molecule has 0 aliphatic carbocycles. The molecular weight excluding hydrogens is 224 g/mol. The van der Waals surface area contributed by atoms with E-state index in [0.717, 1.165) is 0 Å². The highest BCUT2D eigenvalue weighted by molar-refractivity contribution is 6.32. The summed E-state index contributed by atoms with van der Waals surface area (Å²) < 4.78 is 49.0. The molecule has 0 heterocycles. The molecule has 0 amide bonds. The van der Waals surface area contributed by atoms with E-state index >= 15 is 0 Å². The molecule has 6 heteroatoms. The van der Waals surface area contributed by atoms with Crippen LogP contribution in [0.15, 0.2) is 12.1 Å². The normalized spacial score (nSPS) is 11.5. The number of carbonyl (C=O) groups is 1. The van der Waals surface area contributed by atoms with Gasteiger partial charge in [-0.05, 0) is 12.1 Å². The van der Waals surface area contributed by atoms with Gasteiger partial charge in [-0.2, -0.15) is 13.2 Å².